The number of aliphatic hydroxyl groups excluding tert-OH is 2. The maximum absolute atomic E-state index is 12.4. The van der Waals surface area contributed by atoms with Crippen molar-refractivity contribution in [2.45, 2.75) is 18.3 Å². The smallest absolute Gasteiger partial charge is 0.394 e. The number of nitrogens with zero attached hydrogens (tertiary/aromatic N) is 1. The summed E-state index contributed by atoms with van der Waals surface area (Å²) in [5.41, 5.74) is 3.13. The average molecular weight is 280 g/mol. The number of nitrogens with two attached hydrogens (primary N) is 1. The van der Waals surface area contributed by atoms with Crippen molar-refractivity contribution >= 4 is 5.69 Å². The highest BCUT2D eigenvalue weighted by atomic mass is 19.4. The molecule has 0 amide bonds. The van der Waals surface area contributed by atoms with Gasteiger partial charge in [-0.25, -0.2) is 0 Å². The van der Waals surface area contributed by atoms with Crippen LogP contribution in [0.25, 0.3) is 0 Å². The second-order valence-corrected chi connectivity index (χ2v) is 3.80. The van der Waals surface area contributed by atoms with Crippen LogP contribution in [0, 0.1) is 10.1 Å². The van der Waals surface area contributed by atoms with Crippen LogP contribution in [0.1, 0.15) is 17.2 Å². The van der Waals surface area contributed by atoms with E-state index in [-0.39, 0.29) is 5.56 Å². The number of aliphatic hydroxyl groups is 2. The molecule has 2 atom stereocenters. The van der Waals surface area contributed by atoms with E-state index in [9.17, 15) is 28.4 Å². The van der Waals surface area contributed by atoms with E-state index in [0.29, 0.717) is 12.1 Å². The SMILES string of the molecule is NC(c1ccc(C(F)(F)F)cc1[N+](=O)[O-])C(O)CO. The third-order valence-corrected chi connectivity index (χ3v) is 2.52. The Labute approximate surface area is 105 Å². The minimum Gasteiger partial charge on any atom is -0.394 e. The molecule has 1 rings (SSSR count). The van der Waals surface area contributed by atoms with Gasteiger partial charge in [-0.3, -0.25) is 10.1 Å². The summed E-state index contributed by atoms with van der Waals surface area (Å²) in [6.07, 6.45) is -6.22. The number of nitro benzene ring substituents is 1. The molecule has 0 saturated carbocycles. The van der Waals surface area contributed by atoms with Crippen LogP contribution in [0.3, 0.4) is 0 Å². The van der Waals surface area contributed by atoms with Crippen molar-refractivity contribution in [3.8, 4) is 0 Å². The van der Waals surface area contributed by atoms with Crippen molar-refractivity contribution in [3.05, 3.63) is 39.4 Å². The molecule has 0 fully saturated rings. The Bertz CT molecular complexity index is 478. The van der Waals surface area contributed by atoms with Gasteiger partial charge in [-0.2, -0.15) is 13.2 Å². The van der Waals surface area contributed by atoms with Crippen LogP contribution < -0.4 is 5.73 Å². The highest BCUT2D eigenvalue weighted by molar-refractivity contribution is 5.46. The van der Waals surface area contributed by atoms with Crippen LogP contribution in [-0.2, 0) is 6.18 Å². The number of hydrogen-bond donors (Lipinski definition) is 3. The van der Waals surface area contributed by atoms with E-state index < -0.39 is 41.1 Å². The summed E-state index contributed by atoms with van der Waals surface area (Å²) in [5, 5.41) is 28.8. The molecule has 0 aliphatic carbocycles. The lowest BCUT2D eigenvalue weighted by Crippen LogP contribution is -2.29. The molecule has 0 spiro atoms. The van der Waals surface area contributed by atoms with E-state index in [4.69, 9.17) is 10.8 Å². The zero-order valence-corrected chi connectivity index (χ0v) is 9.46. The molecule has 0 heterocycles. The lowest BCUT2D eigenvalue weighted by molar-refractivity contribution is -0.386. The van der Waals surface area contributed by atoms with E-state index >= 15 is 0 Å². The molecule has 106 valence electrons. The Morgan fingerprint density at radius 3 is 2.42 bits per heavy atom. The molecule has 0 bridgehead atoms. The van der Waals surface area contributed by atoms with E-state index in [1.54, 1.807) is 0 Å². The summed E-state index contributed by atoms with van der Waals surface area (Å²) in [6, 6.07) is 0.448. The number of halogens is 3. The fourth-order valence-corrected chi connectivity index (χ4v) is 1.48. The van der Waals surface area contributed by atoms with Crippen molar-refractivity contribution in [3.63, 3.8) is 0 Å². The van der Waals surface area contributed by atoms with Gasteiger partial charge in [0.15, 0.2) is 0 Å². The van der Waals surface area contributed by atoms with Gasteiger partial charge >= 0.3 is 6.18 Å². The van der Waals surface area contributed by atoms with Crippen LogP contribution in [0.15, 0.2) is 18.2 Å². The molecule has 0 aliphatic rings. The number of rotatable bonds is 4. The van der Waals surface area contributed by atoms with Crippen LogP contribution in [0.5, 0.6) is 0 Å². The van der Waals surface area contributed by atoms with Crippen molar-refractivity contribution in [2.75, 3.05) is 6.61 Å². The molecule has 6 nitrogen and oxygen atoms in total. The van der Waals surface area contributed by atoms with Crippen LogP contribution >= 0.6 is 0 Å². The molecule has 19 heavy (non-hydrogen) atoms. The number of benzene rings is 1. The molecular formula is C10H11F3N2O4. The minimum absolute atomic E-state index is 0.278. The highest BCUT2D eigenvalue weighted by Crippen LogP contribution is 2.34. The zero-order chi connectivity index (χ0) is 14.8. The Morgan fingerprint density at radius 1 is 1.42 bits per heavy atom. The van der Waals surface area contributed by atoms with E-state index in [0.717, 1.165) is 6.07 Å². The predicted octanol–water partition coefficient (Wildman–Crippen LogP) is 0.967. The number of alkyl halides is 3. The largest absolute Gasteiger partial charge is 0.416 e. The molecule has 1 aromatic rings. The molecule has 1 aromatic carbocycles. The van der Waals surface area contributed by atoms with Crippen molar-refractivity contribution in [2.24, 2.45) is 5.73 Å². The van der Waals surface area contributed by atoms with Crippen LogP contribution in [-0.4, -0.2) is 27.8 Å². The highest BCUT2D eigenvalue weighted by Gasteiger charge is 2.34. The predicted molar refractivity (Wildman–Crippen MR) is 58.1 cm³/mol. The Morgan fingerprint density at radius 2 is 2.00 bits per heavy atom. The molecule has 0 radical (unpaired) electrons. The summed E-state index contributed by atoms with van der Waals surface area (Å²) in [4.78, 5) is 9.74. The van der Waals surface area contributed by atoms with E-state index in [2.05, 4.69) is 0 Å². The van der Waals surface area contributed by atoms with Gasteiger partial charge in [0.05, 0.1) is 29.2 Å². The monoisotopic (exact) mass is 280 g/mol. The quantitative estimate of drug-likeness (QED) is 0.562. The van der Waals surface area contributed by atoms with Gasteiger partial charge in [-0.05, 0) is 12.1 Å². The van der Waals surface area contributed by atoms with Gasteiger partial charge in [-0.15, -0.1) is 0 Å². The third kappa shape index (κ3) is 3.40. The normalized spacial score (nSPS) is 15.1. The maximum atomic E-state index is 12.4. The minimum atomic E-state index is -4.72. The van der Waals surface area contributed by atoms with Crippen LogP contribution in [0.4, 0.5) is 18.9 Å². The van der Waals surface area contributed by atoms with Crippen molar-refractivity contribution in [1.29, 1.82) is 0 Å². The fraction of sp³-hybridized carbons (Fsp3) is 0.400. The number of hydrogen-bond acceptors (Lipinski definition) is 5. The third-order valence-electron chi connectivity index (χ3n) is 2.52. The molecule has 0 aliphatic heterocycles. The maximum Gasteiger partial charge on any atom is 0.416 e. The first-order valence-corrected chi connectivity index (χ1v) is 5.08. The molecular weight excluding hydrogens is 269 g/mol. The summed E-state index contributed by atoms with van der Waals surface area (Å²) >= 11 is 0. The summed E-state index contributed by atoms with van der Waals surface area (Å²) in [6.45, 7) is -0.765. The summed E-state index contributed by atoms with van der Waals surface area (Å²) < 4.78 is 37.3. The topological polar surface area (TPSA) is 110 Å². The molecule has 4 N–H and O–H groups in total. The van der Waals surface area contributed by atoms with Gasteiger partial charge in [0.2, 0.25) is 0 Å². The lowest BCUT2D eigenvalue weighted by Gasteiger charge is -2.17. The van der Waals surface area contributed by atoms with Gasteiger partial charge in [0.1, 0.15) is 0 Å². The zero-order valence-electron chi connectivity index (χ0n) is 9.46. The second-order valence-electron chi connectivity index (χ2n) is 3.80. The van der Waals surface area contributed by atoms with Crippen LogP contribution in [0.2, 0.25) is 0 Å². The van der Waals surface area contributed by atoms with Crippen molar-refractivity contribution < 1.29 is 28.3 Å². The Balaban J connectivity index is 3.31. The molecule has 2 unspecified atom stereocenters. The average Bonchev–Trinajstić information content (AvgIpc) is 2.35. The standard InChI is InChI=1S/C10H11F3N2O4/c11-10(12,13)5-1-2-6(7(3-5)15(18)19)9(14)8(17)4-16/h1-3,8-9,16-17H,4,14H2. The first-order chi connectivity index (χ1) is 8.68. The first-order valence-electron chi connectivity index (χ1n) is 5.08. The summed E-state index contributed by atoms with van der Waals surface area (Å²) in [7, 11) is 0. The number of nitro groups is 1. The van der Waals surface area contributed by atoms with Crippen molar-refractivity contribution in [1.82, 2.24) is 0 Å². The van der Waals surface area contributed by atoms with E-state index in [1.807, 2.05) is 0 Å². The summed E-state index contributed by atoms with van der Waals surface area (Å²) in [5.74, 6) is 0. The van der Waals surface area contributed by atoms with Gasteiger partial charge in [0, 0.05) is 11.6 Å². The lowest BCUT2D eigenvalue weighted by atomic mass is 9.99. The Kier molecular flexibility index (Phi) is 4.45. The van der Waals surface area contributed by atoms with Gasteiger partial charge < -0.3 is 15.9 Å². The van der Waals surface area contributed by atoms with E-state index in [1.165, 1.54) is 0 Å². The molecule has 0 saturated heterocycles. The molecule has 0 aromatic heterocycles. The van der Waals surface area contributed by atoms with Gasteiger partial charge in [0.25, 0.3) is 5.69 Å². The fourth-order valence-electron chi connectivity index (χ4n) is 1.48. The Hall–Kier alpha value is -1.71. The second kappa shape index (κ2) is 5.51. The first kappa shape index (κ1) is 15.3. The molecule has 9 heteroatoms. The van der Waals surface area contributed by atoms with Gasteiger partial charge in [-0.1, -0.05) is 0 Å².